The third kappa shape index (κ3) is 2.69. The number of rotatable bonds is 4. The number of likely N-dealkylation sites (N-methyl/N-ethyl adjacent to an activating group) is 1. The first-order chi connectivity index (χ1) is 8.91. The standard InChI is InChI=1S/C13H17F2N3S/c1-8(2)17(3)6-7-18-12-10(16-13(18)19)5-4-9(14)11(12)15/h4-5,8H,6-7H2,1-3H3,(H,16,19). The molecule has 0 saturated heterocycles. The minimum absolute atomic E-state index is 0.210. The summed E-state index contributed by atoms with van der Waals surface area (Å²) in [5.74, 6) is -1.70. The van der Waals surface area contributed by atoms with Gasteiger partial charge < -0.3 is 14.5 Å². The molecule has 0 amide bonds. The monoisotopic (exact) mass is 285 g/mol. The first-order valence-electron chi connectivity index (χ1n) is 6.18. The van der Waals surface area contributed by atoms with Gasteiger partial charge in [0.15, 0.2) is 16.4 Å². The summed E-state index contributed by atoms with van der Waals surface area (Å²) >= 11 is 5.17. The minimum Gasteiger partial charge on any atom is -0.330 e. The lowest BCUT2D eigenvalue weighted by molar-refractivity contribution is 0.263. The van der Waals surface area contributed by atoms with Crippen LogP contribution in [0, 0.1) is 16.4 Å². The fourth-order valence-electron chi connectivity index (χ4n) is 1.92. The minimum atomic E-state index is -0.854. The van der Waals surface area contributed by atoms with E-state index in [1.807, 2.05) is 7.05 Å². The van der Waals surface area contributed by atoms with Gasteiger partial charge in [-0.05, 0) is 45.2 Å². The van der Waals surface area contributed by atoms with Crippen molar-refractivity contribution in [2.75, 3.05) is 13.6 Å². The number of benzene rings is 1. The van der Waals surface area contributed by atoms with Crippen LogP contribution in [-0.2, 0) is 6.54 Å². The summed E-state index contributed by atoms with van der Waals surface area (Å²) in [5.41, 5.74) is 0.734. The average molecular weight is 285 g/mol. The van der Waals surface area contributed by atoms with Gasteiger partial charge in [-0.1, -0.05) is 0 Å². The van der Waals surface area contributed by atoms with E-state index in [2.05, 4.69) is 23.7 Å². The van der Waals surface area contributed by atoms with Crippen LogP contribution in [0.2, 0.25) is 0 Å². The number of aromatic amines is 1. The zero-order chi connectivity index (χ0) is 14.2. The predicted molar refractivity (Wildman–Crippen MR) is 74.8 cm³/mol. The molecule has 104 valence electrons. The Kier molecular flexibility index (Phi) is 4.01. The number of imidazole rings is 1. The zero-order valence-corrected chi connectivity index (χ0v) is 12.0. The Morgan fingerprint density at radius 2 is 2.05 bits per heavy atom. The molecule has 1 heterocycles. The Balaban J connectivity index is 2.40. The van der Waals surface area contributed by atoms with E-state index in [-0.39, 0.29) is 5.52 Å². The molecule has 0 unspecified atom stereocenters. The molecular formula is C13H17F2N3S. The van der Waals surface area contributed by atoms with Crippen LogP contribution >= 0.6 is 12.2 Å². The highest BCUT2D eigenvalue weighted by molar-refractivity contribution is 7.71. The molecule has 1 aromatic heterocycles. The van der Waals surface area contributed by atoms with Crippen molar-refractivity contribution >= 4 is 23.3 Å². The van der Waals surface area contributed by atoms with Crippen LogP contribution in [0.15, 0.2) is 12.1 Å². The van der Waals surface area contributed by atoms with Crippen molar-refractivity contribution in [3.63, 3.8) is 0 Å². The molecule has 0 aliphatic carbocycles. The molecule has 3 nitrogen and oxygen atoms in total. The average Bonchev–Trinajstić information content (AvgIpc) is 2.67. The number of fused-ring (bicyclic) bond motifs is 1. The number of hydrogen-bond acceptors (Lipinski definition) is 2. The summed E-state index contributed by atoms with van der Waals surface area (Å²) in [5, 5.41) is 0. The van der Waals surface area contributed by atoms with E-state index in [1.54, 1.807) is 4.57 Å². The Labute approximate surface area is 115 Å². The van der Waals surface area contributed by atoms with Crippen LogP contribution in [0.5, 0.6) is 0 Å². The van der Waals surface area contributed by atoms with E-state index in [4.69, 9.17) is 12.2 Å². The fourth-order valence-corrected chi connectivity index (χ4v) is 2.21. The van der Waals surface area contributed by atoms with Gasteiger partial charge in [-0.3, -0.25) is 0 Å². The first kappa shape index (κ1) is 14.1. The highest BCUT2D eigenvalue weighted by Gasteiger charge is 2.14. The van der Waals surface area contributed by atoms with Crippen molar-refractivity contribution in [3.8, 4) is 0 Å². The third-order valence-corrected chi connectivity index (χ3v) is 3.71. The largest absolute Gasteiger partial charge is 0.330 e. The van der Waals surface area contributed by atoms with Crippen molar-refractivity contribution in [1.29, 1.82) is 0 Å². The lowest BCUT2D eigenvalue weighted by Crippen LogP contribution is -2.29. The molecule has 2 aromatic rings. The number of aromatic nitrogens is 2. The fraction of sp³-hybridized carbons (Fsp3) is 0.462. The number of halogens is 2. The second-order valence-corrected chi connectivity index (χ2v) is 5.30. The van der Waals surface area contributed by atoms with Crippen molar-refractivity contribution in [2.24, 2.45) is 0 Å². The van der Waals surface area contributed by atoms with Crippen molar-refractivity contribution < 1.29 is 8.78 Å². The van der Waals surface area contributed by atoms with Crippen molar-refractivity contribution in [2.45, 2.75) is 26.4 Å². The molecule has 0 fully saturated rings. The van der Waals surface area contributed by atoms with Crippen molar-refractivity contribution in [3.05, 3.63) is 28.5 Å². The van der Waals surface area contributed by atoms with Crippen LogP contribution in [0.3, 0.4) is 0 Å². The molecule has 1 N–H and O–H groups in total. The Morgan fingerprint density at radius 1 is 1.37 bits per heavy atom. The lowest BCUT2D eigenvalue weighted by atomic mass is 10.3. The van der Waals surface area contributed by atoms with E-state index >= 15 is 0 Å². The van der Waals surface area contributed by atoms with E-state index in [9.17, 15) is 8.78 Å². The topological polar surface area (TPSA) is 24.0 Å². The first-order valence-corrected chi connectivity index (χ1v) is 6.59. The molecule has 0 radical (unpaired) electrons. The van der Waals surface area contributed by atoms with E-state index in [1.165, 1.54) is 6.07 Å². The molecule has 1 aromatic carbocycles. The summed E-state index contributed by atoms with van der Waals surface area (Å²) in [7, 11) is 1.99. The molecule has 0 aliphatic rings. The highest BCUT2D eigenvalue weighted by Crippen LogP contribution is 2.20. The number of hydrogen-bond donors (Lipinski definition) is 1. The van der Waals surface area contributed by atoms with Gasteiger partial charge in [-0.2, -0.15) is 0 Å². The molecule has 19 heavy (non-hydrogen) atoms. The molecule has 0 aliphatic heterocycles. The van der Waals surface area contributed by atoms with Crippen LogP contribution in [0.4, 0.5) is 8.78 Å². The van der Waals surface area contributed by atoms with Crippen LogP contribution in [0.1, 0.15) is 13.8 Å². The van der Waals surface area contributed by atoms with Crippen molar-refractivity contribution in [1.82, 2.24) is 14.5 Å². The van der Waals surface area contributed by atoms with Gasteiger partial charge in [0.2, 0.25) is 0 Å². The maximum absolute atomic E-state index is 13.9. The maximum Gasteiger partial charge on any atom is 0.184 e. The molecule has 2 rings (SSSR count). The van der Waals surface area contributed by atoms with E-state index < -0.39 is 11.6 Å². The quantitative estimate of drug-likeness (QED) is 0.871. The summed E-state index contributed by atoms with van der Waals surface area (Å²) in [6.45, 7) is 5.40. The van der Waals surface area contributed by atoms with E-state index in [0.29, 0.717) is 22.9 Å². The Bertz CT molecular complexity index is 645. The van der Waals surface area contributed by atoms with Crippen LogP contribution in [0.25, 0.3) is 11.0 Å². The normalized spacial score (nSPS) is 11.9. The second-order valence-electron chi connectivity index (χ2n) is 4.91. The van der Waals surface area contributed by atoms with Gasteiger partial charge in [0.25, 0.3) is 0 Å². The van der Waals surface area contributed by atoms with Gasteiger partial charge in [0, 0.05) is 19.1 Å². The predicted octanol–water partition coefficient (Wildman–Crippen LogP) is 3.32. The summed E-state index contributed by atoms with van der Waals surface area (Å²) < 4.78 is 29.2. The van der Waals surface area contributed by atoms with E-state index in [0.717, 1.165) is 12.6 Å². The number of nitrogens with one attached hydrogen (secondary N) is 1. The summed E-state index contributed by atoms with van der Waals surface area (Å²) in [6, 6.07) is 3.00. The second kappa shape index (κ2) is 5.38. The molecule has 0 atom stereocenters. The molecule has 0 spiro atoms. The van der Waals surface area contributed by atoms with Crippen LogP contribution < -0.4 is 0 Å². The van der Waals surface area contributed by atoms with Gasteiger partial charge in [0.05, 0.1) is 5.52 Å². The van der Waals surface area contributed by atoms with Gasteiger partial charge >= 0.3 is 0 Å². The summed E-state index contributed by atoms with van der Waals surface area (Å²) in [4.78, 5) is 5.02. The lowest BCUT2D eigenvalue weighted by Gasteiger charge is -2.21. The Morgan fingerprint density at radius 3 is 2.68 bits per heavy atom. The molecule has 0 saturated carbocycles. The van der Waals surface area contributed by atoms with Gasteiger partial charge in [0.1, 0.15) is 5.52 Å². The summed E-state index contributed by atoms with van der Waals surface area (Å²) in [6.07, 6.45) is 0. The van der Waals surface area contributed by atoms with Gasteiger partial charge in [-0.15, -0.1) is 0 Å². The molecular weight excluding hydrogens is 268 g/mol. The van der Waals surface area contributed by atoms with Crippen LogP contribution in [-0.4, -0.2) is 34.1 Å². The Hall–Kier alpha value is -1.27. The zero-order valence-electron chi connectivity index (χ0n) is 11.2. The highest BCUT2D eigenvalue weighted by atomic mass is 32.1. The maximum atomic E-state index is 13.9. The number of nitrogens with zero attached hydrogens (tertiary/aromatic N) is 2. The number of H-pyrrole nitrogens is 1. The van der Waals surface area contributed by atoms with Gasteiger partial charge in [-0.25, -0.2) is 8.78 Å². The SMILES string of the molecule is CC(C)N(C)CCn1c(=S)[nH]c2ccc(F)c(F)c21. The molecule has 0 bridgehead atoms. The smallest absolute Gasteiger partial charge is 0.184 e. The molecule has 6 heteroatoms. The third-order valence-electron chi connectivity index (χ3n) is 3.38.